The molecule has 3 rings (SSSR count). The Labute approximate surface area is 126 Å². The molecule has 0 saturated heterocycles. The molecule has 0 aliphatic carbocycles. The minimum atomic E-state index is -0.285. The standard InChI is InChI=1S/C15H14FN5O/c16-11-5-7-12(8-6-11)17-14-4-2-1-3-13(14)15-18-20-21(19-15)9-10-22/h1-8,17,22H,9-10H2. The van der Waals surface area contributed by atoms with Crippen LogP contribution >= 0.6 is 0 Å². The van der Waals surface area contributed by atoms with Crippen molar-refractivity contribution in [3.63, 3.8) is 0 Å². The van der Waals surface area contributed by atoms with Crippen molar-refractivity contribution >= 4 is 11.4 Å². The van der Waals surface area contributed by atoms with Gasteiger partial charge in [-0.2, -0.15) is 4.80 Å². The Kier molecular flexibility index (Phi) is 4.06. The summed E-state index contributed by atoms with van der Waals surface area (Å²) >= 11 is 0. The Balaban J connectivity index is 1.90. The summed E-state index contributed by atoms with van der Waals surface area (Å²) in [6, 6.07) is 13.6. The lowest BCUT2D eigenvalue weighted by atomic mass is 10.1. The second-order valence-corrected chi connectivity index (χ2v) is 4.61. The zero-order valence-corrected chi connectivity index (χ0v) is 11.6. The molecule has 0 unspecified atom stereocenters. The van der Waals surface area contributed by atoms with Crippen molar-refractivity contribution in [3.8, 4) is 11.4 Å². The predicted molar refractivity (Wildman–Crippen MR) is 80.0 cm³/mol. The Bertz CT molecular complexity index is 757. The molecule has 6 nitrogen and oxygen atoms in total. The van der Waals surface area contributed by atoms with Crippen LogP contribution in [0.2, 0.25) is 0 Å². The number of nitrogens with zero attached hydrogens (tertiary/aromatic N) is 4. The molecular formula is C15H14FN5O. The molecule has 0 aliphatic rings. The molecule has 112 valence electrons. The molecule has 7 heteroatoms. The third-order valence-corrected chi connectivity index (χ3v) is 3.04. The van der Waals surface area contributed by atoms with Gasteiger partial charge in [-0.25, -0.2) is 4.39 Å². The van der Waals surface area contributed by atoms with Gasteiger partial charge < -0.3 is 10.4 Å². The van der Waals surface area contributed by atoms with Crippen molar-refractivity contribution in [3.05, 3.63) is 54.3 Å². The molecule has 2 aromatic carbocycles. The van der Waals surface area contributed by atoms with E-state index in [1.807, 2.05) is 24.3 Å². The van der Waals surface area contributed by atoms with Crippen LogP contribution in [0.15, 0.2) is 48.5 Å². The van der Waals surface area contributed by atoms with Gasteiger partial charge in [0.05, 0.1) is 13.2 Å². The highest BCUT2D eigenvalue weighted by molar-refractivity contribution is 5.77. The summed E-state index contributed by atoms with van der Waals surface area (Å²) < 4.78 is 13.0. The van der Waals surface area contributed by atoms with Crippen molar-refractivity contribution in [2.75, 3.05) is 11.9 Å². The summed E-state index contributed by atoms with van der Waals surface area (Å²) in [5.74, 6) is 0.172. The molecule has 0 spiro atoms. The normalized spacial score (nSPS) is 10.6. The molecular weight excluding hydrogens is 285 g/mol. The van der Waals surface area contributed by atoms with Crippen LogP contribution in [0.5, 0.6) is 0 Å². The maximum absolute atomic E-state index is 13.0. The van der Waals surface area contributed by atoms with E-state index in [0.29, 0.717) is 12.4 Å². The fourth-order valence-electron chi connectivity index (χ4n) is 2.01. The Morgan fingerprint density at radius 3 is 2.64 bits per heavy atom. The quantitative estimate of drug-likeness (QED) is 0.755. The van der Waals surface area contributed by atoms with Gasteiger partial charge in [-0.05, 0) is 41.6 Å². The van der Waals surface area contributed by atoms with Crippen molar-refractivity contribution in [1.29, 1.82) is 0 Å². The number of halogens is 1. The predicted octanol–water partition coefficient (Wildman–Crippen LogP) is 2.22. The summed E-state index contributed by atoms with van der Waals surface area (Å²) in [6.45, 7) is 0.242. The van der Waals surface area contributed by atoms with E-state index in [2.05, 4.69) is 20.7 Å². The number of tetrazole rings is 1. The van der Waals surface area contributed by atoms with Crippen LogP contribution < -0.4 is 5.32 Å². The number of nitrogens with one attached hydrogen (secondary N) is 1. The maximum atomic E-state index is 13.0. The smallest absolute Gasteiger partial charge is 0.207 e. The van der Waals surface area contributed by atoms with E-state index in [-0.39, 0.29) is 12.4 Å². The minimum absolute atomic E-state index is 0.0503. The lowest BCUT2D eigenvalue weighted by Gasteiger charge is -2.09. The first-order chi connectivity index (χ1) is 10.8. The molecule has 0 atom stereocenters. The molecule has 2 N–H and O–H groups in total. The number of anilines is 2. The van der Waals surface area contributed by atoms with Gasteiger partial charge in [0.2, 0.25) is 5.82 Å². The molecule has 22 heavy (non-hydrogen) atoms. The van der Waals surface area contributed by atoms with E-state index in [1.54, 1.807) is 12.1 Å². The van der Waals surface area contributed by atoms with Crippen molar-refractivity contribution < 1.29 is 9.50 Å². The summed E-state index contributed by atoms with van der Waals surface area (Å²) in [6.07, 6.45) is 0. The van der Waals surface area contributed by atoms with E-state index in [0.717, 1.165) is 16.9 Å². The van der Waals surface area contributed by atoms with Gasteiger partial charge >= 0.3 is 0 Å². The van der Waals surface area contributed by atoms with E-state index in [1.165, 1.54) is 16.9 Å². The van der Waals surface area contributed by atoms with Crippen molar-refractivity contribution in [2.45, 2.75) is 6.54 Å². The van der Waals surface area contributed by atoms with Gasteiger partial charge in [-0.3, -0.25) is 0 Å². The Hall–Kier alpha value is -2.80. The SMILES string of the molecule is OCCn1nnc(-c2ccccc2Nc2ccc(F)cc2)n1. The molecule has 3 aromatic rings. The second kappa shape index (κ2) is 6.31. The molecule has 1 aromatic heterocycles. The summed E-state index contributed by atoms with van der Waals surface area (Å²) in [4.78, 5) is 1.34. The molecule has 0 bridgehead atoms. The largest absolute Gasteiger partial charge is 0.394 e. The zero-order valence-electron chi connectivity index (χ0n) is 11.6. The maximum Gasteiger partial charge on any atom is 0.207 e. The number of para-hydroxylation sites is 1. The van der Waals surface area contributed by atoms with Gasteiger partial charge in [-0.1, -0.05) is 12.1 Å². The fourth-order valence-corrected chi connectivity index (χ4v) is 2.01. The van der Waals surface area contributed by atoms with Crippen LogP contribution in [0.25, 0.3) is 11.4 Å². The number of aliphatic hydroxyl groups is 1. The molecule has 0 saturated carbocycles. The van der Waals surface area contributed by atoms with E-state index < -0.39 is 0 Å². The Morgan fingerprint density at radius 2 is 1.86 bits per heavy atom. The number of aliphatic hydroxyl groups excluding tert-OH is 1. The first kappa shape index (κ1) is 14.2. The van der Waals surface area contributed by atoms with Crippen LogP contribution in [0.4, 0.5) is 15.8 Å². The highest BCUT2D eigenvalue weighted by Crippen LogP contribution is 2.27. The van der Waals surface area contributed by atoms with Crippen LogP contribution in [-0.4, -0.2) is 31.9 Å². The van der Waals surface area contributed by atoms with Crippen LogP contribution in [0.3, 0.4) is 0 Å². The van der Waals surface area contributed by atoms with E-state index >= 15 is 0 Å². The summed E-state index contributed by atoms with van der Waals surface area (Å²) in [5.41, 5.74) is 2.32. The molecule has 0 amide bonds. The first-order valence-electron chi connectivity index (χ1n) is 6.77. The third-order valence-electron chi connectivity index (χ3n) is 3.04. The van der Waals surface area contributed by atoms with Gasteiger partial charge in [0.15, 0.2) is 0 Å². The number of rotatable bonds is 5. The topological polar surface area (TPSA) is 75.9 Å². The average Bonchev–Trinajstić information content (AvgIpc) is 2.99. The highest BCUT2D eigenvalue weighted by atomic mass is 19.1. The van der Waals surface area contributed by atoms with Crippen molar-refractivity contribution in [1.82, 2.24) is 20.2 Å². The average molecular weight is 299 g/mol. The fraction of sp³-hybridized carbons (Fsp3) is 0.133. The van der Waals surface area contributed by atoms with E-state index in [4.69, 9.17) is 5.11 Å². The first-order valence-corrected chi connectivity index (χ1v) is 6.77. The van der Waals surface area contributed by atoms with Crippen LogP contribution in [0, 0.1) is 5.82 Å². The molecule has 0 radical (unpaired) electrons. The lowest BCUT2D eigenvalue weighted by Crippen LogP contribution is -2.05. The summed E-state index contributed by atoms with van der Waals surface area (Å²) in [5, 5.41) is 24.2. The van der Waals surface area contributed by atoms with Gasteiger partial charge in [0, 0.05) is 16.9 Å². The number of aromatic nitrogens is 4. The van der Waals surface area contributed by atoms with Gasteiger partial charge in [-0.15, -0.1) is 10.2 Å². The number of hydrogen-bond acceptors (Lipinski definition) is 5. The number of hydrogen-bond donors (Lipinski definition) is 2. The van der Waals surface area contributed by atoms with Crippen LogP contribution in [0.1, 0.15) is 0 Å². The van der Waals surface area contributed by atoms with Gasteiger partial charge in [0.25, 0.3) is 0 Å². The highest BCUT2D eigenvalue weighted by Gasteiger charge is 2.10. The molecule has 0 aliphatic heterocycles. The zero-order chi connectivity index (χ0) is 15.4. The number of benzene rings is 2. The Morgan fingerprint density at radius 1 is 1.09 bits per heavy atom. The second-order valence-electron chi connectivity index (χ2n) is 4.61. The third kappa shape index (κ3) is 3.09. The van der Waals surface area contributed by atoms with Crippen molar-refractivity contribution in [2.24, 2.45) is 0 Å². The lowest BCUT2D eigenvalue weighted by molar-refractivity contribution is 0.259. The van der Waals surface area contributed by atoms with Crippen LogP contribution in [-0.2, 0) is 6.54 Å². The molecule has 1 heterocycles. The van der Waals surface area contributed by atoms with Gasteiger partial charge in [0.1, 0.15) is 5.82 Å². The summed E-state index contributed by atoms with van der Waals surface area (Å²) in [7, 11) is 0. The minimum Gasteiger partial charge on any atom is -0.394 e. The monoisotopic (exact) mass is 299 g/mol. The molecule has 0 fully saturated rings. The van der Waals surface area contributed by atoms with E-state index in [9.17, 15) is 4.39 Å².